The standard InChI is InChI=1S/C22H16ClFN2O3S2/c23-16-2-1-3-18(12-16)29-13-20-26-21(14-6-10-19(11-7-14)31(25,27)28)22(30-20)15-4-8-17(24)9-5-15/h1-12H,13H2,(H2,25,27,28). The highest BCUT2D eigenvalue weighted by Crippen LogP contribution is 2.37. The van der Waals surface area contributed by atoms with Crippen LogP contribution in [-0.4, -0.2) is 13.4 Å². The molecule has 0 radical (unpaired) electrons. The lowest BCUT2D eigenvalue weighted by atomic mass is 10.1. The van der Waals surface area contributed by atoms with E-state index in [-0.39, 0.29) is 17.3 Å². The molecule has 0 unspecified atom stereocenters. The zero-order valence-electron chi connectivity index (χ0n) is 16.0. The summed E-state index contributed by atoms with van der Waals surface area (Å²) in [6.07, 6.45) is 0. The highest BCUT2D eigenvalue weighted by atomic mass is 35.5. The molecular formula is C22H16ClFN2O3S2. The number of nitrogens with two attached hydrogens (primary N) is 1. The van der Waals surface area contributed by atoms with Crippen LogP contribution in [0.3, 0.4) is 0 Å². The van der Waals surface area contributed by atoms with E-state index in [0.717, 1.165) is 10.4 Å². The van der Waals surface area contributed by atoms with Gasteiger partial charge in [0.2, 0.25) is 10.0 Å². The summed E-state index contributed by atoms with van der Waals surface area (Å²) < 4.78 is 42.3. The highest BCUT2D eigenvalue weighted by Gasteiger charge is 2.17. The van der Waals surface area contributed by atoms with Crippen molar-refractivity contribution in [1.82, 2.24) is 4.98 Å². The van der Waals surface area contributed by atoms with Crippen LogP contribution in [0.2, 0.25) is 5.02 Å². The van der Waals surface area contributed by atoms with Crippen molar-refractivity contribution >= 4 is 33.0 Å². The number of primary sulfonamides is 1. The summed E-state index contributed by atoms with van der Waals surface area (Å²) in [7, 11) is -3.80. The van der Waals surface area contributed by atoms with Gasteiger partial charge in [0.25, 0.3) is 0 Å². The van der Waals surface area contributed by atoms with Gasteiger partial charge in [0.15, 0.2) is 0 Å². The van der Waals surface area contributed by atoms with Crippen LogP contribution in [0.5, 0.6) is 5.75 Å². The Balaban J connectivity index is 1.71. The number of sulfonamides is 1. The van der Waals surface area contributed by atoms with Crippen LogP contribution >= 0.6 is 22.9 Å². The summed E-state index contributed by atoms with van der Waals surface area (Å²) in [5.41, 5.74) is 2.14. The maximum atomic E-state index is 13.4. The summed E-state index contributed by atoms with van der Waals surface area (Å²) >= 11 is 7.41. The molecule has 0 aliphatic carbocycles. The topological polar surface area (TPSA) is 82.3 Å². The first-order valence-corrected chi connectivity index (χ1v) is 11.8. The third-order valence-corrected chi connectivity index (χ3v) is 6.63. The molecular weight excluding hydrogens is 459 g/mol. The van der Waals surface area contributed by atoms with Crippen molar-refractivity contribution in [3.05, 3.63) is 88.6 Å². The molecule has 1 aromatic heterocycles. The van der Waals surface area contributed by atoms with Gasteiger partial charge in [-0.15, -0.1) is 11.3 Å². The van der Waals surface area contributed by atoms with Crippen molar-refractivity contribution in [1.29, 1.82) is 0 Å². The Labute approximate surface area is 188 Å². The van der Waals surface area contributed by atoms with E-state index in [2.05, 4.69) is 0 Å². The Morgan fingerprint density at radius 1 is 1.00 bits per heavy atom. The lowest BCUT2D eigenvalue weighted by molar-refractivity contribution is 0.305. The number of hydrogen-bond donors (Lipinski definition) is 1. The largest absolute Gasteiger partial charge is 0.486 e. The molecule has 0 aliphatic heterocycles. The summed E-state index contributed by atoms with van der Waals surface area (Å²) in [6, 6.07) is 19.3. The molecule has 1 heterocycles. The van der Waals surface area contributed by atoms with Gasteiger partial charge in [-0.3, -0.25) is 0 Å². The predicted molar refractivity (Wildman–Crippen MR) is 120 cm³/mol. The molecule has 31 heavy (non-hydrogen) atoms. The van der Waals surface area contributed by atoms with Crippen molar-refractivity contribution < 1.29 is 17.5 Å². The smallest absolute Gasteiger partial charge is 0.238 e. The second-order valence-electron chi connectivity index (χ2n) is 6.61. The first kappa shape index (κ1) is 21.5. The molecule has 3 aromatic carbocycles. The number of aromatic nitrogens is 1. The Bertz CT molecular complexity index is 1320. The fraction of sp³-hybridized carbons (Fsp3) is 0.0455. The maximum Gasteiger partial charge on any atom is 0.238 e. The quantitative estimate of drug-likeness (QED) is 0.400. The van der Waals surface area contributed by atoms with E-state index in [1.165, 1.54) is 35.6 Å². The number of nitrogens with zero attached hydrogens (tertiary/aromatic N) is 1. The van der Waals surface area contributed by atoms with Crippen LogP contribution < -0.4 is 9.88 Å². The first-order valence-electron chi connectivity index (χ1n) is 9.07. The van der Waals surface area contributed by atoms with E-state index in [1.54, 1.807) is 48.5 Å². The molecule has 0 fully saturated rings. The van der Waals surface area contributed by atoms with Gasteiger partial charge in [-0.1, -0.05) is 41.9 Å². The van der Waals surface area contributed by atoms with Crippen molar-refractivity contribution in [2.75, 3.05) is 0 Å². The minimum Gasteiger partial charge on any atom is -0.486 e. The van der Waals surface area contributed by atoms with Gasteiger partial charge in [-0.05, 0) is 48.0 Å². The molecule has 0 aliphatic rings. The van der Waals surface area contributed by atoms with E-state index in [0.29, 0.717) is 27.0 Å². The maximum absolute atomic E-state index is 13.4. The molecule has 2 N–H and O–H groups in total. The normalized spacial score (nSPS) is 11.5. The third-order valence-electron chi connectivity index (χ3n) is 4.39. The SMILES string of the molecule is NS(=O)(=O)c1ccc(-c2nc(COc3cccc(Cl)c3)sc2-c2ccc(F)cc2)cc1. The van der Waals surface area contributed by atoms with E-state index in [9.17, 15) is 12.8 Å². The number of rotatable bonds is 6. The molecule has 0 amide bonds. The second-order valence-corrected chi connectivity index (χ2v) is 9.69. The van der Waals surface area contributed by atoms with Gasteiger partial charge in [0.1, 0.15) is 23.2 Å². The predicted octanol–water partition coefficient (Wildman–Crippen LogP) is 5.50. The van der Waals surface area contributed by atoms with E-state index in [1.807, 2.05) is 0 Å². The van der Waals surface area contributed by atoms with Gasteiger partial charge < -0.3 is 4.74 Å². The lowest BCUT2D eigenvalue weighted by Gasteiger charge is -2.04. The molecule has 4 aromatic rings. The van der Waals surface area contributed by atoms with Gasteiger partial charge in [0.05, 0.1) is 15.5 Å². The molecule has 0 atom stereocenters. The van der Waals surface area contributed by atoms with Crippen LogP contribution in [0.1, 0.15) is 5.01 Å². The van der Waals surface area contributed by atoms with Crippen LogP contribution in [0.4, 0.5) is 4.39 Å². The Hall–Kier alpha value is -2.78. The molecule has 9 heteroatoms. The summed E-state index contributed by atoms with van der Waals surface area (Å²) in [6.45, 7) is 0.217. The molecule has 4 rings (SSSR count). The lowest BCUT2D eigenvalue weighted by Crippen LogP contribution is -2.11. The first-order chi connectivity index (χ1) is 14.8. The van der Waals surface area contributed by atoms with Crippen molar-refractivity contribution in [3.63, 3.8) is 0 Å². The Kier molecular flexibility index (Phi) is 6.06. The van der Waals surface area contributed by atoms with Crippen molar-refractivity contribution in [2.24, 2.45) is 5.14 Å². The Morgan fingerprint density at radius 2 is 1.68 bits per heavy atom. The minimum atomic E-state index is -3.80. The van der Waals surface area contributed by atoms with Crippen LogP contribution in [0.15, 0.2) is 77.7 Å². The van der Waals surface area contributed by atoms with Gasteiger partial charge in [0, 0.05) is 10.6 Å². The summed E-state index contributed by atoms with van der Waals surface area (Å²) in [4.78, 5) is 5.52. The number of ether oxygens (including phenoxy) is 1. The number of halogens is 2. The van der Waals surface area contributed by atoms with Gasteiger partial charge in [-0.25, -0.2) is 22.9 Å². The van der Waals surface area contributed by atoms with Gasteiger partial charge >= 0.3 is 0 Å². The van der Waals surface area contributed by atoms with Crippen LogP contribution in [-0.2, 0) is 16.6 Å². The molecule has 5 nitrogen and oxygen atoms in total. The Morgan fingerprint density at radius 3 is 2.32 bits per heavy atom. The summed E-state index contributed by atoms with van der Waals surface area (Å²) in [5.74, 6) is 0.280. The van der Waals surface area contributed by atoms with E-state index < -0.39 is 10.0 Å². The monoisotopic (exact) mass is 474 g/mol. The molecule has 0 saturated heterocycles. The van der Waals surface area contributed by atoms with Crippen LogP contribution in [0.25, 0.3) is 21.7 Å². The zero-order valence-corrected chi connectivity index (χ0v) is 18.3. The zero-order chi connectivity index (χ0) is 22.0. The second kappa shape index (κ2) is 8.76. The molecule has 0 saturated carbocycles. The average Bonchev–Trinajstić information content (AvgIpc) is 3.17. The fourth-order valence-corrected chi connectivity index (χ4v) is 4.62. The van der Waals surface area contributed by atoms with Crippen LogP contribution in [0, 0.1) is 5.82 Å². The summed E-state index contributed by atoms with van der Waals surface area (Å²) in [5, 5.41) is 6.46. The number of thiazole rings is 1. The molecule has 158 valence electrons. The van der Waals surface area contributed by atoms with E-state index in [4.69, 9.17) is 26.5 Å². The fourth-order valence-electron chi connectivity index (χ4n) is 2.92. The van der Waals surface area contributed by atoms with E-state index >= 15 is 0 Å². The third kappa shape index (κ3) is 5.11. The van der Waals surface area contributed by atoms with Crippen molar-refractivity contribution in [3.8, 4) is 27.4 Å². The number of hydrogen-bond acceptors (Lipinski definition) is 5. The average molecular weight is 475 g/mol. The highest BCUT2D eigenvalue weighted by molar-refractivity contribution is 7.89. The molecule has 0 spiro atoms. The van der Waals surface area contributed by atoms with Gasteiger partial charge in [-0.2, -0.15) is 0 Å². The van der Waals surface area contributed by atoms with Crippen molar-refractivity contribution in [2.45, 2.75) is 11.5 Å². The molecule has 0 bridgehead atoms. The number of benzene rings is 3. The minimum absolute atomic E-state index is 0.0133.